The largest absolute Gasteiger partial charge is 0.370 e. The van der Waals surface area contributed by atoms with Crippen LogP contribution >= 0.6 is 15.9 Å². The fraction of sp³-hybridized carbons (Fsp3) is 0.238. The summed E-state index contributed by atoms with van der Waals surface area (Å²) in [4.78, 5) is 14.5. The van der Waals surface area contributed by atoms with Crippen molar-refractivity contribution >= 4 is 22.0 Å². The summed E-state index contributed by atoms with van der Waals surface area (Å²) in [5, 5.41) is 7.26. The highest BCUT2D eigenvalue weighted by atomic mass is 79.9. The topological polar surface area (TPSA) is 59.4 Å². The smallest absolute Gasteiger partial charge is 0.317 e. The summed E-state index contributed by atoms with van der Waals surface area (Å²) in [5.41, 5.74) is 3.07. The zero-order chi connectivity index (χ0) is 19.3. The molecule has 1 fully saturated rings. The average molecular weight is 441 g/mol. The first-order valence-electron chi connectivity index (χ1n) is 9.18. The summed E-state index contributed by atoms with van der Waals surface area (Å²) in [6.45, 7) is 2.13. The summed E-state index contributed by atoms with van der Waals surface area (Å²) in [7, 11) is 0. The van der Waals surface area contributed by atoms with Gasteiger partial charge < -0.3 is 15.0 Å². The van der Waals surface area contributed by atoms with Gasteiger partial charge in [-0.15, -0.1) is 0 Å². The maximum Gasteiger partial charge on any atom is 0.317 e. The molecule has 28 heavy (non-hydrogen) atoms. The number of carbonyl (C=O) groups excluding carboxylic acids is 1. The molecule has 6 nitrogen and oxygen atoms in total. The minimum Gasteiger partial charge on any atom is -0.370 e. The van der Waals surface area contributed by atoms with Gasteiger partial charge in [0.1, 0.15) is 6.10 Å². The van der Waals surface area contributed by atoms with Crippen LogP contribution in [-0.2, 0) is 11.3 Å². The molecule has 0 bridgehead atoms. The second-order valence-electron chi connectivity index (χ2n) is 6.64. The fourth-order valence-corrected chi connectivity index (χ4v) is 3.50. The number of halogens is 1. The standard InChI is InChI=1S/C21H21BrN4O2/c22-18-7-5-17(6-8-18)20-15-25(11-12-28-20)21(27)23-14-16-3-1-4-19(13-16)26-10-2-9-24-26/h1-10,13,20H,11-12,14-15H2,(H,23,27). The molecule has 1 unspecified atom stereocenters. The number of morpholine rings is 1. The Kier molecular flexibility index (Phi) is 5.73. The van der Waals surface area contributed by atoms with Crippen LogP contribution in [-0.4, -0.2) is 40.4 Å². The molecule has 2 amide bonds. The maximum absolute atomic E-state index is 12.7. The molecule has 144 valence electrons. The highest BCUT2D eigenvalue weighted by molar-refractivity contribution is 9.10. The van der Waals surface area contributed by atoms with Crippen LogP contribution in [0.4, 0.5) is 4.79 Å². The molecule has 1 N–H and O–H groups in total. The third-order valence-electron chi connectivity index (χ3n) is 4.72. The van der Waals surface area contributed by atoms with Crippen molar-refractivity contribution in [3.05, 3.63) is 82.6 Å². The van der Waals surface area contributed by atoms with Crippen LogP contribution in [0, 0.1) is 0 Å². The van der Waals surface area contributed by atoms with Crippen molar-refractivity contribution in [2.75, 3.05) is 19.7 Å². The van der Waals surface area contributed by atoms with E-state index < -0.39 is 0 Å². The molecular formula is C21H21BrN4O2. The van der Waals surface area contributed by atoms with E-state index in [1.807, 2.05) is 65.7 Å². The number of urea groups is 1. The van der Waals surface area contributed by atoms with Gasteiger partial charge in [0.15, 0.2) is 0 Å². The third kappa shape index (κ3) is 4.43. The van der Waals surface area contributed by atoms with E-state index in [2.05, 4.69) is 26.3 Å². The first-order chi connectivity index (χ1) is 13.7. The summed E-state index contributed by atoms with van der Waals surface area (Å²) in [6.07, 6.45) is 3.54. The van der Waals surface area contributed by atoms with Crippen molar-refractivity contribution in [1.29, 1.82) is 0 Å². The molecule has 0 saturated carbocycles. The van der Waals surface area contributed by atoms with Gasteiger partial charge in [-0.1, -0.05) is 40.2 Å². The van der Waals surface area contributed by atoms with E-state index in [4.69, 9.17) is 4.74 Å². The molecule has 1 atom stereocenters. The normalized spacial score (nSPS) is 16.8. The summed E-state index contributed by atoms with van der Waals surface area (Å²) in [6, 6.07) is 17.8. The number of hydrogen-bond donors (Lipinski definition) is 1. The predicted octanol–water partition coefficient (Wildman–Crippen LogP) is 3.92. The molecule has 2 heterocycles. The van der Waals surface area contributed by atoms with E-state index in [0.29, 0.717) is 26.2 Å². The molecule has 0 radical (unpaired) electrons. The molecular weight excluding hydrogens is 420 g/mol. The van der Waals surface area contributed by atoms with Crippen LogP contribution in [0.25, 0.3) is 5.69 Å². The Morgan fingerprint density at radius 2 is 2.07 bits per heavy atom. The predicted molar refractivity (Wildman–Crippen MR) is 110 cm³/mol. The van der Waals surface area contributed by atoms with Gasteiger partial charge in [-0.2, -0.15) is 5.10 Å². The number of hydrogen-bond acceptors (Lipinski definition) is 3. The number of aromatic nitrogens is 2. The molecule has 1 aliphatic heterocycles. The van der Waals surface area contributed by atoms with E-state index in [1.165, 1.54) is 0 Å². The molecule has 0 aliphatic carbocycles. The van der Waals surface area contributed by atoms with Crippen LogP contribution in [0.2, 0.25) is 0 Å². The Bertz CT molecular complexity index is 928. The number of ether oxygens (including phenoxy) is 1. The van der Waals surface area contributed by atoms with Gasteiger partial charge in [0.05, 0.1) is 18.8 Å². The Balaban J connectivity index is 1.36. The molecule has 3 aromatic rings. The minimum atomic E-state index is -0.101. The van der Waals surface area contributed by atoms with Crippen molar-refractivity contribution in [1.82, 2.24) is 20.0 Å². The quantitative estimate of drug-likeness (QED) is 0.668. The number of amides is 2. The molecule has 1 aromatic heterocycles. The van der Waals surface area contributed by atoms with Crippen LogP contribution in [0.15, 0.2) is 71.5 Å². The lowest BCUT2D eigenvalue weighted by Crippen LogP contribution is -2.46. The number of rotatable bonds is 4. The summed E-state index contributed by atoms with van der Waals surface area (Å²) < 4.78 is 8.69. The number of nitrogens with zero attached hydrogens (tertiary/aromatic N) is 3. The van der Waals surface area contributed by atoms with Gasteiger partial charge in [0, 0.05) is 30.0 Å². The maximum atomic E-state index is 12.7. The monoisotopic (exact) mass is 440 g/mol. The van der Waals surface area contributed by atoms with Crippen molar-refractivity contribution in [3.8, 4) is 5.69 Å². The second-order valence-corrected chi connectivity index (χ2v) is 7.55. The lowest BCUT2D eigenvalue weighted by Gasteiger charge is -2.33. The molecule has 1 aliphatic rings. The highest BCUT2D eigenvalue weighted by Gasteiger charge is 2.25. The number of carbonyl (C=O) groups is 1. The lowest BCUT2D eigenvalue weighted by atomic mass is 10.1. The number of nitrogens with one attached hydrogen (secondary N) is 1. The van der Waals surface area contributed by atoms with Gasteiger partial charge in [0.25, 0.3) is 0 Å². The molecule has 7 heteroatoms. The van der Waals surface area contributed by atoms with E-state index in [0.717, 1.165) is 21.3 Å². The first kappa shape index (κ1) is 18.7. The molecule has 0 spiro atoms. The third-order valence-corrected chi connectivity index (χ3v) is 5.25. The van der Waals surface area contributed by atoms with Crippen LogP contribution in [0.3, 0.4) is 0 Å². The van der Waals surface area contributed by atoms with Gasteiger partial charge in [-0.25, -0.2) is 9.48 Å². The molecule has 2 aromatic carbocycles. The molecule has 1 saturated heterocycles. The SMILES string of the molecule is O=C(NCc1cccc(-n2cccn2)c1)N1CCOC(c2ccc(Br)cc2)C1. The Morgan fingerprint density at radius 3 is 2.86 bits per heavy atom. The van der Waals surface area contributed by atoms with Gasteiger partial charge in [-0.3, -0.25) is 0 Å². The highest BCUT2D eigenvalue weighted by Crippen LogP contribution is 2.24. The second kappa shape index (κ2) is 8.58. The summed E-state index contributed by atoms with van der Waals surface area (Å²) in [5.74, 6) is 0. The van der Waals surface area contributed by atoms with E-state index in [-0.39, 0.29) is 12.1 Å². The zero-order valence-electron chi connectivity index (χ0n) is 15.3. The Hall–Kier alpha value is -2.64. The zero-order valence-corrected chi connectivity index (χ0v) is 16.9. The Morgan fingerprint density at radius 1 is 1.21 bits per heavy atom. The Labute approximate surface area is 172 Å². The van der Waals surface area contributed by atoms with Crippen molar-refractivity contribution in [3.63, 3.8) is 0 Å². The van der Waals surface area contributed by atoms with Gasteiger partial charge >= 0.3 is 6.03 Å². The fourth-order valence-electron chi connectivity index (χ4n) is 3.23. The van der Waals surface area contributed by atoms with E-state index in [9.17, 15) is 4.79 Å². The minimum absolute atomic E-state index is 0.0742. The van der Waals surface area contributed by atoms with E-state index in [1.54, 1.807) is 10.9 Å². The van der Waals surface area contributed by atoms with Crippen molar-refractivity contribution in [2.45, 2.75) is 12.6 Å². The van der Waals surface area contributed by atoms with Crippen molar-refractivity contribution in [2.24, 2.45) is 0 Å². The van der Waals surface area contributed by atoms with Crippen LogP contribution < -0.4 is 5.32 Å². The number of benzene rings is 2. The van der Waals surface area contributed by atoms with Crippen LogP contribution in [0.1, 0.15) is 17.2 Å². The van der Waals surface area contributed by atoms with Crippen LogP contribution in [0.5, 0.6) is 0 Å². The average Bonchev–Trinajstić information content (AvgIpc) is 3.28. The van der Waals surface area contributed by atoms with Crippen molar-refractivity contribution < 1.29 is 9.53 Å². The lowest BCUT2D eigenvalue weighted by molar-refractivity contribution is -0.0154. The van der Waals surface area contributed by atoms with E-state index >= 15 is 0 Å². The first-order valence-corrected chi connectivity index (χ1v) is 9.97. The molecule has 4 rings (SSSR count). The summed E-state index contributed by atoms with van der Waals surface area (Å²) >= 11 is 3.44. The van der Waals surface area contributed by atoms with Gasteiger partial charge in [0.2, 0.25) is 0 Å². The van der Waals surface area contributed by atoms with Gasteiger partial charge in [-0.05, 0) is 41.5 Å².